The molecule has 0 unspecified atom stereocenters. The van der Waals surface area contributed by atoms with Crippen LogP contribution in [0.15, 0.2) is 54.9 Å². The van der Waals surface area contributed by atoms with E-state index in [4.69, 9.17) is 9.47 Å². The second-order valence-electron chi connectivity index (χ2n) is 6.54. The Bertz CT molecular complexity index is 1040. The molecule has 28 heavy (non-hydrogen) atoms. The van der Waals surface area contributed by atoms with Crippen molar-refractivity contribution in [2.75, 3.05) is 6.61 Å². The zero-order valence-electron chi connectivity index (χ0n) is 15.1. The van der Waals surface area contributed by atoms with E-state index < -0.39 is 17.7 Å². The van der Waals surface area contributed by atoms with Crippen LogP contribution in [-0.4, -0.2) is 17.4 Å². The number of benzene rings is 2. The predicted octanol–water partition coefficient (Wildman–Crippen LogP) is 4.80. The van der Waals surface area contributed by atoms with Gasteiger partial charge in [-0.25, -0.2) is 8.78 Å². The molecule has 0 saturated carbocycles. The average molecular weight is 381 g/mol. The van der Waals surface area contributed by atoms with Gasteiger partial charge in [-0.3, -0.25) is 9.78 Å². The summed E-state index contributed by atoms with van der Waals surface area (Å²) in [5, 5.41) is 0. The van der Waals surface area contributed by atoms with Gasteiger partial charge in [0, 0.05) is 24.4 Å². The van der Waals surface area contributed by atoms with Crippen LogP contribution in [0, 0.1) is 18.6 Å². The number of ether oxygens (including phenoxy) is 2. The molecule has 2 heterocycles. The molecule has 1 atom stereocenters. The summed E-state index contributed by atoms with van der Waals surface area (Å²) in [6.45, 7) is 1.89. The molecule has 4 nitrogen and oxygen atoms in total. The first-order chi connectivity index (χ1) is 13.5. The summed E-state index contributed by atoms with van der Waals surface area (Å²) >= 11 is 0. The summed E-state index contributed by atoms with van der Waals surface area (Å²) in [4.78, 5) is 16.1. The van der Waals surface area contributed by atoms with Crippen molar-refractivity contribution in [1.29, 1.82) is 0 Å². The number of carbonyl (C=O) groups is 1. The van der Waals surface area contributed by atoms with Crippen molar-refractivity contribution in [1.82, 2.24) is 4.98 Å². The van der Waals surface area contributed by atoms with Crippen LogP contribution in [0.2, 0.25) is 0 Å². The number of aromatic nitrogens is 1. The van der Waals surface area contributed by atoms with Crippen LogP contribution >= 0.6 is 0 Å². The standard InChI is InChI=1S/C22H17F2NO3/c1-13-20-17(19(26)7-10-27-20)12-18(24)21(13)28-22(14-5-8-25-9-6-14)15-3-2-4-16(23)11-15/h2-6,8-9,11-12,22H,7,10H2,1H3/t22-/m0/s1. The third kappa shape index (κ3) is 3.33. The number of pyridine rings is 1. The van der Waals surface area contributed by atoms with Crippen LogP contribution in [0.5, 0.6) is 11.5 Å². The third-order valence-corrected chi connectivity index (χ3v) is 4.69. The molecule has 0 radical (unpaired) electrons. The van der Waals surface area contributed by atoms with Gasteiger partial charge in [0.2, 0.25) is 0 Å². The van der Waals surface area contributed by atoms with Crippen molar-refractivity contribution in [2.45, 2.75) is 19.4 Å². The van der Waals surface area contributed by atoms with Crippen LogP contribution in [0.25, 0.3) is 0 Å². The Balaban J connectivity index is 1.81. The molecule has 0 aliphatic carbocycles. The number of carbonyl (C=O) groups excluding carboxylic acids is 1. The van der Waals surface area contributed by atoms with E-state index in [2.05, 4.69) is 4.98 Å². The molecule has 0 amide bonds. The molecule has 4 rings (SSSR count). The number of hydrogen-bond donors (Lipinski definition) is 0. The van der Waals surface area contributed by atoms with Gasteiger partial charge in [-0.2, -0.15) is 0 Å². The zero-order chi connectivity index (χ0) is 19.7. The Kier molecular flexibility index (Phi) is 4.77. The highest BCUT2D eigenvalue weighted by Gasteiger charge is 2.27. The van der Waals surface area contributed by atoms with Gasteiger partial charge in [-0.1, -0.05) is 12.1 Å². The molecule has 0 saturated heterocycles. The molecule has 3 aromatic rings. The van der Waals surface area contributed by atoms with Crippen LogP contribution in [0.3, 0.4) is 0 Å². The summed E-state index contributed by atoms with van der Waals surface area (Å²) < 4.78 is 40.3. The van der Waals surface area contributed by atoms with Crippen molar-refractivity contribution < 1.29 is 23.0 Å². The van der Waals surface area contributed by atoms with Gasteiger partial charge in [0.1, 0.15) is 17.7 Å². The summed E-state index contributed by atoms with van der Waals surface area (Å²) in [6.07, 6.45) is 2.63. The van der Waals surface area contributed by atoms with E-state index in [1.165, 1.54) is 12.1 Å². The highest BCUT2D eigenvalue weighted by Crippen LogP contribution is 2.40. The van der Waals surface area contributed by atoms with Crippen LogP contribution in [0.4, 0.5) is 8.78 Å². The second-order valence-corrected chi connectivity index (χ2v) is 6.54. The van der Waals surface area contributed by atoms with E-state index in [9.17, 15) is 13.6 Å². The lowest BCUT2D eigenvalue weighted by atomic mass is 9.99. The molecule has 2 aromatic carbocycles. The summed E-state index contributed by atoms with van der Waals surface area (Å²) in [6, 6.07) is 10.5. The van der Waals surface area contributed by atoms with Gasteiger partial charge in [0.25, 0.3) is 0 Å². The zero-order valence-corrected chi connectivity index (χ0v) is 15.1. The van der Waals surface area contributed by atoms with Gasteiger partial charge >= 0.3 is 0 Å². The van der Waals surface area contributed by atoms with E-state index >= 15 is 0 Å². The first-order valence-corrected chi connectivity index (χ1v) is 8.85. The number of nitrogens with zero attached hydrogens (tertiary/aromatic N) is 1. The lowest BCUT2D eigenvalue weighted by Crippen LogP contribution is -2.18. The molecule has 0 fully saturated rings. The number of ketones is 1. The molecule has 0 spiro atoms. The molecular formula is C22H17F2NO3. The maximum atomic E-state index is 14.9. The number of fused-ring (bicyclic) bond motifs is 1. The number of halogens is 2. The predicted molar refractivity (Wildman–Crippen MR) is 98.7 cm³/mol. The molecule has 1 aliphatic heterocycles. The SMILES string of the molecule is Cc1c(O[C@@H](c2ccncc2)c2cccc(F)c2)c(F)cc2c1OCCC2=O. The van der Waals surface area contributed by atoms with Crippen molar-refractivity contribution >= 4 is 5.78 Å². The van der Waals surface area contributed by atoms with Crippen molar-refractivity contribution in [3.05, 3.63) is 88.7 Å². The normalized spacial score (nSPS) is 14.2. The van der Waals surface area contributed by atoms with E-state index in [1.807, 2.05) is 0 Å². The van der Waals surface area contributed by atoms with Gasteiger partial charge < -0.3 is 9.47 Å². The first kappa shape index (κ1) is 18.1. The van der Waals surface area contributed by atoms with Gasteiger partial charge in [0.05, 0.1) is 12.2 Å². The van der Waals surface area contributed by atoms with Gasteiger partial charge in [-0.15, -0.1) is 0 Å². The molecule has 142 valence electrons. The highest BCUT2D eigenvalue weighted by atomic mass is 19.1. The highest BCUT2D eigenvalue weighted by molar-refractivity contribution is 6.00. The lowest BCUT2D eigenvalue weighted by molar-refractivity contribution is 0.0931. The van der Waals surface area contributed by atoms with Crippen LogP contribution in [0.1, 0.15) is 39.6 Å². The Hall–Kier alpha value is -3.28. The monoisotopic (exact) mass is 381 g/mol. The maximum absolute atomic E-state index is 14.9. The van der Waals surface area contributed by atoms with Crippen molar-refractivity contribution in [3.63, 3.8) is 0 Å². The Morgan fingerprint density at radius 2 is 1.89 bits per heavy atom. The topological polar surface area (TPSA) is 48.4 Å². The van der Waals surface area contributed by atoms with Gasteiger partial charge in [-0.05, 0) is 48.4 Å². The fraction of sp³-hybridized carbons (Fsp3) is 0.182. The summed E-state index contributed by atoms with van der Waals surface area (Å²) in [5.41, 5.74) is 1.84. The van der Waals surface area contributed by atoms with E-state index in [0.717, 1.165) is 6.07 Å². The van der Waals surface area contributed by atoms with E-state index in [0.29, 0.717) is 22.4 Å². The summed E-state index contributed by atoms with van der Waals surface area (Å²) in [5.74, 6) is -0.937. The minimum atomic E-state index is -0.760. The maximum Gasteiger partial charge on any atom is 0.170 e. The first-order valence-electron chi connectivity index (χ1n) is 8.85. The quantitative estimate of drug-likeness (QED) is 0.651. The third-order valence-electron chi connectivity index (χ3n) is 4.69. The molecule has 0 bridgehead atoms. The molecule has 1 aromatic heterocycles. The van der Waals surface area contributed by atoms with E-state index in [-0.39, 0.29) is 30.1 Å². The largest absolute Gasteiger partial charge is 0.492 e. The van der Waals surface area contributed by atoms with Gasteiger partial charge in [0.15, 0.2) is 17.3 Å². The number of rotatable bonds is 4. The Morgan fingerprint density at radius 3 is 2.64 bits per heavy atom. The Morgan fingerprint density at radius 1 is 1.11 bits per heavy atom. The smallest absolute Gasteiger partial charge is 0.170 e. The molecular weight excluding hydrogens is 364 g/mol. The fourth-order valence-corrected chi connectivity index (χ4v) is 3.31. The van der Waals surface area contributed by atoms with Crippen LogP contribution < -0.4 is 9.47 Å². The minimum Gasteiger partial charge on any atom is -0.492 e. The Labute approximate surface area is 160 Å². The molecule has 1 aliphatic rings. The van der Waals surface area contributed by atoms with E-state index in [1.54, 1.807) is 43.6 Å². The second kappa shape index (κ2) is 7.38. The lowest BCUT2D eigenvalue weighted by Gasteiger charge is -2.25. The van der Waals surface area contributed by atoms with Crippen molar-refractivity contribution in [2.24, 2.45) is 0 Å². The average Bonchev–Trinajstić information content (AvgIpc) is 2.70. The van der Waals surface area contributed by atoms with Crippen molar-refractivity contribution in [3.8, 4) is 11.5 Å². The van der Waals surface area contributed by atoms with Crippen LogP contribution in [-0.2, 0) is 0 Å². The number of Topliss-reactive ketones (excluding diaryl/α,β-unsaturated/α-hetero) is 1. The molecule has 0 N–H and O–H groups in total. The number of hydrogen-bond acceptors (Lipinski definition) is 4. The summed E-state index contributed by atoms with van der Waals surface area (Å²) in [7, 11) is 0. The minimum absolute atomic E-state index is 0.0282. The fourth-order valence-electron chi connectivity index (χ4n) is 3.31. The molecule has 6 heteroatoms.